The Morgan fingerprint density at radius 1 is 1.53 bits per heavy atom. The Morgan fingerprint density at radius 2 is 2.24 bits per heavy atom. The zero-order chi connectivity index (χ0) is 12.8. The van der Waals surface area contributed by atoms with Crippen LogP contribution in [0.5, 0.6) is 0 Å². The van der Waals surface area contributed by atoms with Gasteiger partial charge < -0.3 is 11.1 Å². The molecular formula is C13H19FN2O. The number of benzene rings is 1. The van der Waals surface area contributed by atoms with Crippen LogP contribution in [0.1, 0.15) is 24.5 Å². The molecule has 0 saturated heterocycles. The molecule has 0 radical (unpaired) electrons. The Hall–Kier alpha value is -1.42. The van der Waals surface area contributed by atoms with Crippen LogP contribution in [0.3, 0.4) is 0 Å². The van der Waals surface area contributed by atoms with E-state index in [0.717, 1.165) is 5.56 Å². The highest BCUT2D eigenvalue weighted by Gasteiger charge is 2.07. The lowest BCUT2D eigenvalue weighted by Gasteiger charge is -2.09. The maximum absolute atomic E-state index is 13.2. The van der Waals surface area contributed by atoms with Crippen molar-refractivity contribution in [3.8, 4) is 0 Å². The Kier molecular flexibility index (Phi) is 5.10. The van der Waals surface area contributed by atoms with E-state index < -0.39 is 0 Å². The van der Waals surface area contributed by atoms with Crippen LogP contribution in [0.15, 0.2) is 18.2 Å². The predicted molar refractivity (Wildman–Crippen MR) is 65.8 cm³/mol. The summed E-state index contributed by atoms with van der Waals surface area (Å²) in [6.07, 6.45) is 0.408. The van der Waals surface area contributed by atoms with Gasteiger partial charge in [-0.05, 0) is 36.6 Å². The maximum Gasteiger partial charge on any atom is 0.220 e. The third-order valence-corrected chi connectivity index (χ3v) is 2.66. The van der Waals surface area contributed by atoms with E-state index in [2.05, 4.69) is 5.32 Å². The van der Waals surface area contributed by atoms with Crippen molar-refractivity contribution in [3.05, 3.63) is 35.1 Å². The Balaban J connectivity index is 2.45. The number of carbonyl (C=O) groups excluding carboxylic acids is 1. The smallest absolute Gasteiger partial charge is 0.220 e. The first-order valence-electron chi connectivity index (χ1n) is 5.74. The van der Waals surface area contributed by atoms with Crippen molar-refractivity contribution in [1.82, 2.24) is 5.32 Å². The van der Waals surface area contributed by atoms with Crippen LogP contribution in [0.2, 0.25) is 0 Å². The van der Waals surface area contributed by atoms with Gasteiger partial charge in [0.25, 0.3) is 0 Å². The van der Waals surface area contributed by atoms with Crippen LogP contribution in [-0.4, -0.2) is 12.5 Å². The molecule has 0 aliphatic carbocycles. The summed E-state index contributed by atoms with van der Waals surface area (Å²) in [5, 5.41) is 2.75. The highest BCUT2D eigenvalue weighted by Crippen LogP contribution is 2.09. The standard InChI is InChI=1S/C13H19FN2O/c1-9(7-15)5-13(17)16-8-11-4-3-10(2)12(14)6-11/h3-4,6,9H,5,7-8,15H2,1-2H3,(H,16,17). The summed E-state index contributed by atoms with van der Waals surface area (Å²) in [7, 11) is 0. The highest BCUT2D eigenvalue weighted by molar-refractivity contribution is 5.76. The van der Waals surface area contributed by atoms with Crippen molar-refractivity contribution in [2.75, 3.05) is 6.54 Å². The van der Waals surface area contributed by atoms with Gasteiger partial charge >= 0.3 is 0 Å². The van der Waals surface area contributed by atoms with Crippen LogP contribution in [-0.2, 0) is 11.3 Å². The molecule has 3 N–H and O–H groups in total. The molecule has 3 nitrogen and oxygen atoms in total. The molecule has 0 fully saturated rings. The van der Waals surface area contributed by atoms with Gasteiger partial charge in [-0.1, -0.05) is 19.1 Å². The van der Waals surface area contributed by atoms with Gasteiger partial charge in [0.05, 0.1) is 0 Å². The molecule has 0 aliphatic rings. The van der Waals surface area contributed by atoms with Gasteiger partial charge in [0.15, 0.2) is 0 Å². The molecule has 1 unspecified atom stereocenters. The molecule has 0 aliphatic heterocycles. The van der Waals surface area contributed by atoms with E-state index in [1.54, 1.807) is 13.0 Å². The normalized spacial score (nSPS) is 12.2. The molecule has 0 aromatic heterocycles. The van der Waals surface area contributed by atoms with Gasteiger partial charge in [-0.25, -0.2) is 4.39 Å². The van der Waals surface area contributed by atoms with Gasteiger partial charge in [-0.2, -0.15) is 0 Å². The summed E-state index contributed by atoms with van der Waals surface area (Å²) >= 11 is 0. The fourth-order valence-corrected chi connectivity index (χ4v) is 1.42. The van der Waals surface area contributed by atoms with Crippen molar-refractivity contribution in [2.45, 2.75) is 26.8 Å². The van der Waals surface area contributed by atoms with Gasteiger partial charge in [-0.3, -0.25) is 4.79 Å². The summed E-state index contributed by atoms with van der Waals surface area (Å²) in [6.45, 7) is 4.48. The second-order valence-electron chi connectivity index (χ2n) is 4.41. The minimum Gasteiger partial charge on any atom is -0.352 e. The first-order chi connectivity index (χ1) is 8.02. The van der Waals surface area contributed by atoms with Crippen LogP contribution in [0, 0.1) is 18.7 Å². The number of hydrogen-bond acceptors (Lipinski definition) is 2. The summed E-state index contributed by atoms with van der Waals surface area (Å²) < 4.78 is 13.2. The maximum atomic E-state index is 13.2. The lowest BCUT2D eigenvalue weighted by atomic mass is 10.1. The molecular weight excluding hydrogens is 219 g/mol. The van der Waals surface area contributed by atoms with E-state index >= 15 is 0 Å². The number of rotatable bonds is 5. The van der Waals surface area contributed by atoms with Crippen LogP contribution >= 0.6 is 0 Å². The van der Waals surface area contributed by atoms with E-state index in [0.29, 0.717) is 25.1 Å². The number of aryl methyl sites for hydroxylation is 1. The molecule has 1 atom stereocenters. The van der Waals surface area contributed by atoms with Crippen LogP contribution < -0.4 is 11.1 Å². The lowest BCUT2D eigenvalue weighted by Crippen LogP contribution is -2.26. The quantitative estimate of drug-likeness (QED) is 0.821. The minimum atomic E-state index is -0.243. The number of nitrogens with two attached hydrogens (primary N) is 1. The molecule has 1 rings (SSSR count). The third kappa shape index (κ3) is 4.53. The van der Waals surface area contributed by atoms with Crippen molar-refractivity contribution < 1.29 is 9.18 Å². The highest BCUT2D eigenvalue weighted by atomic mass is 19.1. The molecule has 1 amide bonds. The first-order valence-corrected chi connectivity index (χ1v) is 5.74. The van der Waals surface area contributed by atoms with Crippen LogP contribution in [0.4, 0.5) is 4.39 Å². The molecule has 17 heavy (non-hydrogen) atoms. The average molecular weight is 238 g/mol. The van der Waals surface area contributed by atoms with E-state index in [4.69, 9.17) is 5.73 Å². The molecule has 94 valence electrons. The van der Waals surface area contributed by atoms with E-state index in [-0.39, 0.29) is 17.6 Å². The molecule has 0 spiro atoms. The molecule has 0 heterocycles. The third-order valence-electron chi connectivity index (χ3n) is 2.66. The first kappa shape index (κ1) is 13.6. The monoisotopic (exact) mass is 238 g/mol. The zero-order valence-corrected chi connectivity index (χ0v) is 10.3. The molecule has 1 aromatic rings. The number of halogens is 1. The number of carbonyl (C=O) groups is 1. The van der Waals surface area contributed by atoms with Crippen molar-refractivity contribution in [3.63, 3.8) is 0 Å². The van der Waals surface area contributed by atoms with E-state index in [9.17, 15) is 9.18 Å². The molecule has 0 saturated carbocycles. The summed E-state index contributed by atoms with van der Waals surface area (Å²) in [5.41, 5.74) is 6.81. The zero-order valence-electron chi connectivity index (χ0n) is 10.3. The van der Waals surface area contributed by atoms with Crippen molar-refractivity contribution in [2.24, 2.45) is 11.7 Å². The van der Waals surface area contributed by atoms with Gasteiger partial charge in [0.2, 0.25) is 5.91 Å². The van der Waals surface area contributed by atoms with E-state index in [1.165, 1.54) is 6.07 Å². The summed E-state index contributed by atoms with van der Waals surface area (Å²) in [5.74, 6) is -0.124. The van der Waals surface area contributed by atoms with Crippen LogP contribution in [0.25, 0.3) is 0 Å². The largest absolute Gasteiger partial charge is 0.352 e. The fraction of sp³-hybridized carbons (Fsp3) is 0.462. The Morgan fingerprint density at radius 3 is 2.82 bits per heavy atom. The summed E-state index contributed by atoms with van der Waals surface area (Å²) in [6, 6.07) is 4.96. The van der Waals surface area contributed by atoms with Gasteiger partial charge in [0, 0.05) is 13.0 Å². The second kappa shape index (κ2) is 6.35. The number of nitrogens with one attached hydrogen (secondary N) is 1. The predicted octanol–water partition coefficient (Wildman–Crippen LogP) is 1.74. The topological polar surface area (TPSA) is 55.1 Å². The van der Waals surface area contributed by atoms with Crippen molar-refractivity contribution >= 4 is 5.91 Å². The van der Waals surface area contributed by atoms with Gasteiger partial charge in [-0.15, -0.1) is 0 Å². The molecule has 4 heteroatoms. The minimum absolute atomic E-state index is 0.0519. The Bertz CT molecular complexity index is 393. The molecule has 1 aromatic carbocycles. The SMILES string of the molecule is Cc1ccc(CNC(=O)CC(C)CN)cc1F. The number of hydrogen-bond donors (Lipinski definition) is 2. The van der Waals surface area contributed by atoms with Gasteiger partial charge in [0.1, 0.15) is 5.82 Å². The fourth-order valence-electron chi connectivity index (χ4n) is 1.42. The average Bonchev–Trinajstić information content (AvgIpc) is 2.30. The second-order valence-corrected chi connectivity index (χ2v) is 4.41. The Labute approximate surface area is 101 Å². The van der Waals surface area contributed by atoms with Crippen molar-refractivity contribution in [1.29, 1.82) is 0 Å². The molecule has 0 bridgehead atoms. The number of amides is 1. The lowest BCUT2D eigenvalue weighted by molar-refractivity contribution is -0.122. The summed E-state index contributed by atoms with van der Waals surface area (Å²) in [4.78, 5) is 11.5. The van der Waals surface area contributed by atoms with E-state index in [1.807, 2.05) is 13.0 Å².